The van der Waals surface area contributed by atoms with Crippen LogP contribution in [-0.4, -0.2) is 36.0 Å². The van der Waals surface area contributed by atoms with Gasteiger partial charge in [-0.1, -0.05) is 0 Å². The summed E-state index contributed by atoms with van der Waals surface area (Å²) in [6, 6.07) is 3.03. The molecule has 0 bridgehead atoms. The minimum Gasteiger partial charge on any atom is -0.461 e. The van der Waals surface area contributed by atoms with E-state index in [9.17, 15) is 9.36 Å². The van der Waals surface area contributed by atoms with Crippen LogP contribution in [0.5, 0.6) is 0 Å². The molecule has 0 aliphatic rings. The van der Waals surface area contributed by atoms with Crippen LogP contribution >= 0.6 is 7.60 Å². The third-order valence-corrected chi connectivity index (χ3v) is 4.23. The molecule has 1 aromatic rings. The molecule has 1 aromatic heterocycles. The van der Waals surface area contributed by atoms with Gasteiger partial charge in [0.1, 0.15) is 0 Å². The van der Waals surface area contributed by atoms with Gasteiger partial charge in [0.05, 0.1) is 31.7 Å². The molecular formula is C12H19N2O5P. The van der Waals surface area contributed by atoms with Gasteiger partial charge in [0.15, 0.2) is 5.69 Å². The van der Waals surface area contributed by atoms with Gasteiger partial charge in [0.25, 0.3) is 0 Å². The third-order valence-electron chi connectivity index (χ3n) is 2.21. The second-order valence-electron chi connectivity index (χ2n) is 3.73. The minimum absolute atomic E-state index is 0.0186. The van der Waals surface area contributed by atoms with Gasteiger partial charge in [-0.05, 0) is 32.9 Å². The first-order valence-electron chi connectivity index (χ1n) is 6.42. The number of esters is 1. The van der Waals surface area contributed by atoms with Crippen LogP contribution in [0.3, 0.4) is 0 Å². The molecule has 0 aromatic carbocycles. The van der Waals surface area contributed by atoms with Gasteiger partial charge in [-0.3, -0.25) is 4.57 Å². The first kappa shape index (κ1) is 16.8. The Kier molecular flexibility index (Phi) is 6.78. The maximum Gasteiger partial charge on any atom is 0.358 e. The molecule has 20 heavy (non-hydrogen) atoms. The third kappa shape index (κ3) is 5.00. The van der Waals surface area contributed by atoms with Crippen molar-refractivity contribution in [2.75, 3.05) is 19.8 Å². The van der Waals surface area contributed by atoms with Crippen LogP contribution in [0.2, 0.25) is 0 Å². The molecule has 0 aliphatic carbocycles. The van der Waals surface area contributed by atoms with Crippen LogP contribution in [0.25, 0.3) is 0 Å². The molecule has 112 valence electrons. The number of ether oxygens (including phenoxy) is 1. The van der Waals surface area contributed by atoms with E-state index in [1.54, 1.807) is 26.8 Å². The van der Waals surface area contributed by atoms with E-state index < -0.39 is 13.6 Å². The second-order valence-corrected chi connectivity index (χ2v) is 5.79. The second kappa shape index (κ2) is 8.09. The molecule has 1 rings (SSSR count). The van der Waals surface area contributed by atoms with Crippen LogP contribution in [0, 0.1) is 0 Å². The van der Waals surface area contributed by atoms with Gasteiger partial charge < -0.3 is 13.8 Å². The minimum atomic E-state index is -3.21. The van der Waals surface area contributed by atoms with Crippen molar-refractivity contribution in [1.29, 1.82) is 0 Å². The first-order chi connectivity index (χ1) is 9.54. The van der Waals surface area contributed by atoms with Gasteiger partial charge in [-0.25, -0.2) is 4.79 Å². The topological polar surface area (TPSA) is 87.6 Å². The van der Waals surface area contributed by atoms with Crippen molar-refractivity contribution in [2.45, 2.75) is 26.9 Å². The lowest BCUT2D eigenvalue weighted by Crippen LogP contribution is -2.09. The monoisotopic (exact) mass is 302 g/mol. The summed E-state index contributed by atoms with van der Waals surface area (Å²) in [5.74, 6) is -0.538. The number of carbonyl (C=O) groups is 1. The van der Waals surface area contributed by atoms with Gasteiger partial charge in [0, 0.05) is 0 Å². The van der Waals surface area contributed by atoms with E-state index in [4.69, 9.17) is 13.8 Å². The van der Waals surface area contributed by atoms with E-state index in [0.29, 0.717) is 5.69 Å². The Morgan fingerprint density at radius 3 is 2.20 bits per heavy atom. The number of aromatic nitrogens is 2. The molecular weight excluding hydrogens is 283 g/mol. The highest BCUT2D eigenvalue weighted by Crippen LogP contribution is 2.50. The van der Waals surface area contributed by atoms with Gasteiger partial charge in [-0.15, -0.1) is 5.10 Å². The molecule has 0 amide bonds. The molecule has 1 heterocycles. The van der Waals surface area contributed by atoms with Crippen molar-refractivity contribution in [1.82, 2.24) is 10.2 Å². The highest BCUT2D eigenvalue weighted by atomic mass is 31.2. The lowest BCUT2D eigenvalue weighted by molar-refractivity contribution is 0.0518. The molecule has 7 nitrogen and oxygen atoms in total. The Bertz CT molecular complexity index is 467. The van der Waals surface area contributed by atoms with E-state index in [2.05, 4.69) is 10.2 Å². The van der Waals surface area contributed by atoms with Crippen molar-refractivity contribution in [3.05, 3.63) is 23.5 Å². The highest BCUT2D eigenvalue weighted by molar-refractivity contribution is 7.53. The average Bonchev–Trinajstić information content (AvgIpc) is 2.40. The van der Waals surface area contributed by atoms with Crippen LogP contribution in [0.4, 0.5) is 0 Å². The Labute approximate surface area is 118 Å². The zero-order chi connectivity index (χ0) is 15.0. The van der Waals surface area contributed by atoms with E-state index in [0.717, 1.165) is 0 Å². The first-order valence-corrected chi connectivity index (χ1v) is 8.15. The summed E-state index contributed by atoms with van der Waals surface area (Å²) in [5.41, 5.74) is 0.543. The van der Waals surface area contributed by atoms with Crippen LogP contribution < -0.4 is 0 Å². The van der Waals surface area contributed by atoms with Crippen molar-refractivity contribution in [2.24, 2.45) is 0 Å². The van der Waals surface area contributed by atoms with Crippen LogP contribution in [0.15, 0.2) is 12.1 Å². The molecule has 0 atom stereocenters. The number of nitrogens with zero attached hydrogens (tertiary/aromatic N) is 2. The summed E-state index contributed by atoms with van der Waals surface area (Å²) in [6.45, 7) is 6.02. The summed E-state index contributed by atoms with van der Waals surface area (Å²) in [5, 5.41) is 7.59. The Hall–Kier alpha value is -1.30. The number of hydrogen-bond donors (Lipinski definition) is 0. The van der Waals surface area contributed by atoms with E-state index >= 15 is 0 Å². The largest absolute Gasteiger partial charge is 0.461 e. The molecule has 0 spiro atoms. The van der Waals surface area contributed by atoms with Crippen molar-refractivity contribution in [3.8, 4) is 0 Å². The number of hydrogen-bond acceptors (Lipinski definition) is 7. The molecule has 0 unspecified atom stereocenters. The molecule has 0 N–H and O–H groups in total. The molecule has 8 heteroatoms. The molecule has 0 radical (unpaired) electrons. The zero-order valence-electron chi connectivity index (χ0n) is 11.9. The number of carbonyl (C=O) groups excluding carboxylic acids is 1. The summed E-state index contributed by atoms with van der Waals surface area (Å²) < 4.78 is 27.4. The summed E-state index contributed by atoms with van der Waals surface area (Å²) in [4.78, 5) is 11.4. The van der Waals surface area contributed by atoms with Crippen molar-refractivity contribution in [3.63, 3.8) is 0 Å². The zero-order valence-corrected chi connectivity index (χ0v) is 12.8. The quantitative estimate of drug-likeness (QED) is 0.538. The predicted molar refractivity (Wildman–Crippen MR) is 72.6 cm³/mol. The SMILES string of the molecule is CCOC(=O)c1ccc(CP(=O)(OCC)OCC)nn1. The van der Waals surface area contributed by atoms with Crippen molar-refractivity contribution >= 4 is 13.6 Å². The molecule has 0 fully saturated rings. The lowest BCUT2D eigenvalue weighted by atomic mass is 10.3. The van der Waals surface area contributed by atoms with E-state index in [1.165, 1.54) is 6.07 Å². The Morgan fingerprint density at radius 2 is 1.75 bits per heavy atom. The Balaban J connectivity index is 2.77. The normalized spacial score (nSPS) is 11.3. The summed E-state index contributed by atoms with van der Waals surface area (Å²) >= 11 is 0. The lowest BCUT2D eigenvalue weighted by Gasteiger charge is -2.16. The smallest absolute Gasteiger partial charge is 0.358 e. The molecule has 0 saturated heterocycles. The summed E-state index contributed by atoms with van der Waals surface area (Å²) in [6.07, 6.45) is 0.0186. The fourth-order valence-corrected chi connectivity index (χ4v) is 3.09. The van der Waals surface area contributed by atoms with Crippen molar-refractivity contribution < 1.29 is 23.1 Å². The summed E-state index contributed by atoms with van der Waals surface area (Å²) in [7, 11) is -3.21. The highest BCUT2D eigenvalue weighted by Gasteiger charge is 2.25. The molecule has 0 aliphatic heterocycles. The Morgan fingerprint density at radius 1 is 1.10 bits per heavy atom. The number of rotatable bonds is 8. The maximum atomic E-state index is 12.3. The van der Waals surface area contributed by atoms with Crippen LogP contribution in [0.1, 0.15) is 37.0 Å². The predicted octanol–water partition coefficient (Wildman–Crippen LogP) is 2.42. The fourth-order valence-electron chi connectivity index (χ4n) is 1.48. The van der Waals surface area contributed by atoms with Gasteiger partial charge in [-0.2, -0.15) is 5.10 Å². The van der Waals surface area contributed by atoms with Gasteiger partial charge in [0.2, 0.25) is 0 Å². The van der Waals surface area contributed by atoms with Crippen LogP contribution in [-0.2, 0) is 24.5 Å². The average molecular weight is 302 g/mol. The van der Waals surface area contributed by atoms with E-state index in [1.807, 2.05) is 0 Å². The van der Waals surface area contributed by atoms with Gasteiger partial charge >= 0.3 is 13.6 Å². The maximum absolute atomic E-state index is 12.3. The van der Waals surface area contributed by atoms with E-state index in [-0.39, 0.29) is 31.7 Å². The fraction of sp³-hybridized carbons (Fsp3) is 0.583. The standard InChI is InChI=1S/C12H19N2O5P/c1-4-17-12(15)11-8-7-10(13-14-11)9-20(16,18-5-2)19-6-3/h7-8H,4-6,9H2,1-3H3. The molecule has 0 saturated carbocycles.